The van der Waals surface area contributed by atoms with Crippen molar-refractivity contribution in [3.63, 3.8) is 0 Å². The Bertz CT molecular complexity index is 718. The molecule has 0 unspecified atom stereocenters. The van der Waals surface area contributed by atoms with Gasteiger partial charge in [-0.2, -0.15) is 11.8 Å². The van der Waals surface area contributed by atoms with Gasteiger partial charge in [0.1, 0.15) is 5.82 Å². The largest absolute Gasteiger partial charge is 0.357 e. The molecule has 2 fully saturated rings. The number of nitrogens with zero attached hydrogens (tertiary/aromatic N) is 3. The SMILES string of the molecule is CCNC(=NCc1ccc(F)cc1CSC)NCC1(N2CCCCC2)CCN(C)CC1.I. The maximum atomic E-state index is 13.7. The van der Waals surface area contributed by atoms with E-state index in [0.29, 0.717) is 6.54 Å². The van der Waals surface area contributed by atoms with Crippen LogP contribution < -0.4 is 10.6 Å². The summed E-state index contributed by atoms with van der Waals surface area (Å²) >= 11 is 1.71. The number of likely N-dealkylation sites (tertiary alicyclic amines) is 2. The Morgan fingerprint density at radius 3 is 2.47 bits per heavy atom. The van der Waals surface area contributed by atoms with Gasteiger partial charge in [0.2, 0.25) is 0 Å². The molecule has 1 aromatic carbocycles. The Kier molecular flexibility index (Phi) is 12.1. The topological polar surface area (TPSA) is 42.9 Å². The minimum absolute atomic E-state index is 0. The van der Waals surface area contributed by atoms with Crippen LogP contribution in [0.2, 0.25) is 0 Å². The van der Waals surface area contributed by atoms with Crippen LogP contribution in [0.4, 0.5) is 4.39 Å². The van der Waals surface area contributed by atoms with Crippen molar-refractivity contribution in [1.29, 1.82) is 0 Å². The van der Waals surface area contributed by atoms with Gasteiger partial charge >= 0.3 is 0 Å². The van der Waals surface area contributed by atoms with Gasteiger partial charge in [0.05, 0.1) is 6.54 Å². The zero-order valence-electron chi connectivity index (χ0n) is 20.0. The molecule has 182 valence electrons. The third kappa shape index (κ3) is 7.74. The third-order valence-corrected chi connectivity index (χ3v) is 7.35. The normalized spacial score (nSPS) is 19.9. The van der Waals surface area contributed by atoms with Crippen LogP contribution in [0.25, 0.3) is 0 Å². The monoisotopic (exact) mass is 577 g/mol. The Morgan fingerprint density at radius 2 is 1.81 bits per heavy atom. The molecular weight excluding hydrogens is 536 g/mol. The first-order valence-electron chi connectivity index (χ1n) is 11.8. The first kappa shape index (κ1) is 27.7. The minimum Gasteiger partial charge on any atom is -0.357 e. The van der Waals surface area contributed by atoms with Gasteiger partial charge in [-0.25, -0.2) is 9.38 Å². The van der Waals surface area contributed by atoms with Gasteiger partial charge in [-0.1, -0.05) is 12.5 Å². The van der Waals surface area contributed by atoms with Crippen molar-refractivity contribution in [2.45, 2.75) is 56.9 Å². The van der Waals surface area contributed by atoms with Gasteiger partial charge in [0, 0.05) is 24.4 Å². The first-order chi connectivity index (χ1) is 15.1. The first-order valence-corrected chi connectivity index (χ1v) is 13.2. The van der Waals surface area contributed by atoms with Gasteiger partial charge in [-0.05, 0) is 95.3 Å². The molecule has 0 radical (unpaired) electrons. The zero-order chi connectivity index (χ0) is 22.1. The van der Waals surface area contributed by atoms with Gasteiger partial charge in [0.25, 0.3) is 0 Å². The Morgan fingerprint density at radius 1 is 1.09 bits per heavy atom. The zero-order valence-corrected chi connectivity index (χ0v) is 23.1. The number of guanidine groups is 1. The van der Waals surface area contributed by atoms with E-state index in [0.717, 1.165) is 49.0 Å². The van der Waals surface area contributed by atoms with Crippen LogP contribution in [0.5, 0.6) is 0 Å². The highest BCUT2D eigenvalue weighted by Crippen LogP contribution is 2.30. The highest BCUT2D eigenvalue weighted by atomic mass is 127. The van der Waals surface area contributed by atoms with Gasteiger partial charge in [0.15, 0.2) is 5.96 Å². The molecule has 2 aliphatic rings. The number of piperidine rings is 2. The molecule has 32 heavy (non-hydrogen) atoms. The molecule has 0 saturated carbocycles. The van der Waals surface area contributed by atoms with Gasteiger partial charge < -0.3 is 15.5 Å². The predicted octanol–water partition coefficient (Wildman–Crippen LogP) is 4.31. The van der Waals surface area contributed by atoms with E-state index < -0.39 is 0 Å². The molecule has 0 aromatic heterocycles. The van der Waals surface area contributed by atoms with Crippen LogP contribution in [0, 0.1) is 5.82 Å². The second-order valence-electron chi connectivity index (χ2n) is 8.97. The van der Waals surface area contributed by atoms with Crippen molar-refractivity contribution in [2.75, 3.05) is 52.6 Å². The third-order valence-electron chi connectivity index (χ3n) is 6.75. The fraction of sp³-hybridized carbons (Fsp3) is 0.708. The summed E-state index contributed by atoms with van der Waals surface area (Å²) in [4.78, 5) is 10.1. The molecular formula is C24H41FIN5S. The number of rotatable bonds is 8. The molecule has 0 bridgehead atoms. The van der Waals surface area contributed by atoms with E-state index in [9.17, 15) is 4.39 Å². The molecule has 0 atom stereocenters. The Balaban J connectivity index is 0.00000363. The summed E-state index contributed by atoms with van der Waals surface area (Å²) in [6, 6.07) is 5.06. The molecule has 0 spiro atoms. The lowest BCUT2D eigenvalue weighted by Crippen LogP contribution is -2.62. The van der Waals surface area contributed by atoms with Crippen LogP contribution in [0.3, 0.4) is 0 Å². The van der Waals surface area contributed by atoms with E-state index in [4.69, 9.17) is 4.99 Å². The Labute approximate surface area is 215 Å². The van der Waals surface area contributed by atoms with E-state index in [-0.39, 0.29) is 35.3 Å². The van der Waals surface area contributed by atoms with Crippen LogP contribution >= 0.6 is 35.7 Å². The van der Waals surface area contributed by atoms with Crippen molar-refractivity contribution < 1.29 is 4.39 Å². The summed E-state index contributed by atoms with van der Waals surface area (Å²) in [7, 11) is 2.23. The lowest BCUT2D eigenvalue weighted by atomic mass is 9.84. The van der Waals surface area contributed by atoms with E-state index in [2.05, 4.69) is 34.4 Å². The van der Waals surface area contributed by atoms with Crippen LogP contribution in [-0.2, 0) is 12.3 Å². The van der Waals surface area contributed by atoms with E-state index in [1.54, 1.807) is 23.9 Å². The van der Waals surface area contributed by atoms with E-state index >= 15 is 0 Å². The average molecular weight is 578 g/mol. The minimum atomic E-state index is -0.174. The molecule has 2 N–H and O–H groups in total. The van der Waals surface area contributed by atoms with Gasteiger partial charge in [-0.3, -0.25) is 4.90 Å². The fourth-order valence-electron chi connectivity index (χ4n) is 4.80. The maximum Gasteiger partial charge on any atom is 0.191 e. The summed E-state index contributed by atoms with van der Waals surface area (Å²) in [5.74, 6) is 1.49. The standard InChI is InChI=1S/C24H40FN5S.HI/c1-4-26-23(27-17-20-8-9-22(25)16-21(20)18-31-3)28-19-24(10-14-29(2)15-11-24)30-12-6-5-7-13-30;/h8-9,16H,4-7,10-15,17-19H2,1-3H3,(H2,26,27,28);1H. The molecule has 2 saturated heterocycles. The smallest absolute Gasteiger partial charge is 0.191 e. The van der Waals surface area contributed by atoms with Crippen molar-refractivity contribution in [2.24, 2.45) is 4.99 Å². The highest BCUT2D eigenvalue weighted by Gasteiger charge is 2.39. The number of halogens is 2. The average Bonchev–Trinajstić information content (AvgIpc) is 2.79. The second-order valence-corrected chi connectivity index (χ2v) is 9.84. The summed E-state index contributed by atoms with van der Waals surface area (Å²) < 4.78 is 13.7. The Hall–Kier alpha value is -0.580. The van der Waals surface area contributed by atoms with Crippen molar-refractivity contribution in [3.8, 4) is 0 Å². The number of hydrogen-bond donors (Lipinski definition) is 2. The summed E-state index contributed by atoms with van der Waals surface area (Å²) in [5.41, 5.74) is 2.34. The number of hydrogen-bond acceptors (Lipinski definition) is 4. The molecule has 0 amide bonds. The number of aliphatic imine (C=N–C) groups is 1. The number of nitrogens with one attached hydrogen (secondary N) is 2. The summed E-state index contributed by atoms with van der Waals surface area (Å²) in [6.07, 6.45) is 8.44. The molecule has 0 aliphatic carbocycles. The predicted molar refractivity (Wildman–Crippen MR) is 147 cm³/mol. The fourth-order valence-corrected chi connectivity index (χ4v) is 5.38. The second kappa shape index (κ2) is 14.0. The van der Waals surface area contributed by atoms with Crippen LogP contribution in [0.1, 0.15) is 50.2 Å². The molecule has 2 heterocycles. The lowest BCUT2D eigenvalue weighted by molar-refractivity contribution is 0.0173. The van der Waals surface area contributed by atoms with E-state index in [1.807, 2.05) is 12.3 Å². The molecule has 8 heteroatoms. The van der Waals surface area contributed by atoms with Crippen LogP contribution in [0.15, 0.2) is 23.2 Å². The highest BCUT2D eigenvalue weighted by molar-refractivity contribution is 14.0. The lowest BCUT2D eigenvalue weighted by Gasteiger charge is -2.50. The number of benzene rings is 1. The summed E-state index contributed by atoms with van der Waals surface area (Å²) in [6.45, 7) is 9.15. The van der Waals surface area contributed by atoms with Crippen molar-refractivity contribution >= 4 is 41.7 Å². The van der Waals surface area contributed by atoms with E-state index in [1.165, 1.54) is 45.2 Å². The molecule has 5 nitrogen and oxygen atoms in total. The molecule has 2 aliphatic heterocycles. The quantitative estimate of drug-likeness (QED) is 0.274. The van der Waals surface area contributed by atoms with Gasteiger partial charge in [-0.15, -0.1) is 24.0 Å². The maximum absolute atomic E-state index is 13.7. The van der Waals surface area contributed by atoms with Crippen molar-refractivity contribution in [3.05, 3.63) is 35.1 Å². The molecule has 1 aromatic rings. The summed E-state index contributed by atoms with van der Waals surface area (Å²) in [5, 5.41) is 7.09. The number of thioether (sulfide) groups is 1. The van der Waals surface area contributed by atoms with Crippen LogP contribution in [-0.4, -0.2) is 73.9 Å². The molecule has 3 rings (SSSR count). The van der Waals surface area contributed by atoms with Crippen molar-refractivity contribution in [1.82, 2.24) is 20.4 Å².